The fourth-order valence-electron chi connectivity index (χ4n) is 3.61. The molecule has 4 rings (SSSR count). The van der Waals surface area contributed by atoms with Crippen molar-refractivity contribution in [2.24, 2.45) is 0 Å². The van der Waals surface area contributed by atoms with Crippen molar-refractivity contribution in [1.29, 1.82) is 0 Å². The maximum absolute atomic E-state index is 12.5. The van der Waals surface area contributed by atoms with Crippen molar-refractivity contribution in [3.8, 4) is 5.69 Å². The molecule has 0 atom stereocenters. The number of para-hydroxylation sites is 2. The zero-order chi connectivity index (χ0) is 24.1. The van der Waals surface area contributed by atoms with Crippen LogP contribution < -0.4 is 0 Å². The number of carbonyl (C=O) groups is 3. The summed E-state index contributed by atoms with van der Waals surface area (Å²) in [5.41, 5.74) is 2.82. The van der Waals surface area contributed by atoms with E-state index in [1.807, 2.05) is 42.6 Å². The molecule has 0 saturated carbocycles. The smallest absolute Gasteiger partial charge is 0.340 e. The minimum atomic E-state index is -0.587. The van der Waals surface area contributed by atoms with Crippen molar-refractivity contribution in [1.82, 2.24) is 19.2 Å². The first-order valence-electron chi connectivity index (χ1n) is 10.6. The molecule has 0 aliphatic heterocycles. The highest BCUT2D eigenvalue weighted by Crippen LogP contribution is 2.22. The summed E-state index contributed by atoms with van der Waals surface area (Å²) in [7, 11) is 2.94. The molecule has 0 unspecified atom stereocenters. The Bertz CT molecular complexity index is 1330. The van der Waals surface area contributed by atoms with Crippen LogP contribution in [0.2, 0.25) is 0 Å². The van der Waals surface area contributed by atoms with Crippen molar-refractivity contribution in [3.63, 3.8) is 0 Å². The first kappa shape index (κ1) is 22.8. The number of hydrogen-bond donors (Lipinski definition) is 0. The third kappa shape index (κ3) is 4.98. The Labute approximate surface area is 196 Å². The molecular weight excluding hydrogens is 436 g/mol. The van der Waals surface area contributed by atoms with Crippen LogP contribution in [0, 0.1) is 0 Å². The van der Waals surface area contributed by atoms with Gasteiger partial charge in [0.15, 0.2) is 6.61 Å². The summed E-state index contributed by atoms with van der Waals surface area (Å²) in [5.74, 6) is -1.42. The topological polar surface area (TPSA) is 95.7 Å². The Morgan fingerprint density at radius 3 is 2.50 bits per heavy atom. The molecule has 4 aromatic rings. The lowest BCUT2D eigenvalue weighted by Crippen LogP contribution is -2.31. The lowest BCUT2D eigenvalue weighted by molar-refractivity contribution is -0.152. The summed E-state index contributed by atoms with van der Waals surface area (Å²) >= 11 is 0. The Kier molecular flexibility index (Phi) is 6.72. The molecule has 174 valence electrons. The quantitative estimate of drug-likeness (QED) is 0.375. The van der Waals surface area contributed by atoms with Crippen LogP contribution in [0.5, 0.6) is 0 Å². The zero-order valence-electron chi connectivity index (χ0n) is 18.9. The van der Waals surface area contributed by atoms with Gasteiger partial charge in [0.2, 0.25) is 0 Å². The highest BCUT2D eigenvalue weighted by Gasteiger charge is 2.18. The van der Waals surface area contributed by atoms with Crippen LogP contribution in [0.4, 0.5) is 0 Å². The maximum atomic E-state index is 12.5. The number of carbonyl (C=O) groups excluding carboxylic acids is 3. The minimum absolute atomic E-state index is 0.141. The Balaban J connectivity index is 1.33. The number of esters is 2. The Hall–Kier alpha value is -4.40. The second kappa shape index (κ2) is 10.0. The van der Waals surface area contributed by atoms with Gasteiger partial charge in [-0.1, -0.05) is 36.4 Å². The molecule has 0 aliphatic carbocycles. The van der Waals surface area contributed by atoms with Gasteiger partial charge in [-0.2, -0.15) is 5.10 Å². The lowest BCUT2D eigenvalue weighted by Gasteiger charge is -2.16. The Morgan fingerprint density at radius 1 is 1.00 bits per heavy atom. The van der Waals surface area contributed by atoms with E-state index in [1.54, 1.807) is 46.9 Å². The average molecular weight is 460 g/mol. The molecule has 9 heteroatoms. The third-order valence-corrected chi connectivity index (χ3v) is 5.35. The van der Waals surface area contributed by atoms with Crippen LogP contribution in [0.3, 0.4) is 0 Å². The lowest BCUT2D eigenvalue weighted by atomic mass is 10.2. The molecule has 0 bridgehead atoms. The van der Waals surface area contributed by atoms with Gasteiger partial charge in [-0.05, 0) is 18.2 Å². The van der Waals surface area contributed by atoms with Gasteiger partial charge in [0.1, 0.15) is 6.54 Å². The largest absolute Gasteiger partial charge is 0.465 e. The molecular formula is C25H24N4O5. The van der Waals surface area contributed by atoms with Crippen molar-refractivity contribution in [2.75, 3.05) is 20.8 Å². The number of amides is 1. The van der Waals surface area contributed by atoms with E-state index in [4.69, 9.17) is 9.47 Å². The normalized spacial score (nSPS) is 10.8. The standard InChI is InChI=1S/C25H24N4O5/c1-27(13-18-12-26-29(14-18)19-8-4-3-5-9-19)23(30)17-34-24(31)16-28-15-21(25(32)33-2)20-10-6-7-11-22(20)28/h3-12,14-15H,13,16-17H2,1-2H3. The SMILES string of the molecule is COC(=O)c1cn(CC(=O)OCC(=O)N(C)Cc2cnn(-c3ccccc3)c2)c2ccccc12. The van der Waals surface area contributed by atoms with Gasteiger partial charge in [-0.3, -0.25) is 9.59 Å². The minimum Gasteiger partial charge on any atom is -0.465 e. The first-order chi connectivity index (χ1) is 16.5. The molecule has 9 nitrogen and oxygen atoms in total. The highest BCUT2D eigenvalue weighted by atomic mass is 16.5. The van der Waals surface area contributed by atoms with Crippen LogP contribution in [0.1, 0.15) is 15.9 Å². The molecule has 0 fully saturated rings. The van der Waals surface area contributed by atoms with Gasteiger partial charge in [-0.15, -0.1) is 0 Å². The van der Waals surface area contributed by atoms with E-state index in [0.29, 0.717) is 23.0 Å². The van der Waals surface area contributed by atoms with Crippen molar-refractivity contribution in [2.45, 2.75) is 13.1 Å². The summed E-state index contributed by atoms with van der Waals surface area (Å²) in [6.07, 6.45) is 5.09. The van der Waals surface area contributed by atoms with Gasteiger partial charge in [0.25, 0.3) is 5.91 Å². The first-order valence-corrected chi connectivity index (χ1v) is 10.6. The monoisotopic (exact) mass is 460 g/mol. The number of aromatic nitrogens is 3. The predicted molar refractivity (Wildman–Crippen MR) is 124 cm³/mol. The predicted octanol–water partition coefficient (Wildman–Crippen LogP) is 2.82. The average Bonchev–Trinajstić information content (AvgIpc) is 3.47. The molecule has 0 aliphatic rings. The summed E-state index contributed by atoms with van der Waals surface area (Å²) < 4.78 is 13.4. The van der Waals surface area contributed by atoms with Crippen LogP contribution in [-0.4, -0.2) is 57.9 Å². The molecule has 2 aromatic carbocycles. The fourth-order valence-corrected chi connectivity index (χ4v) is 3.61. The number of fused-ring (bicyclic) bond motifs is 1. The van der Waals surface area contributed by atoms with Crippen molar-refractivity contribution in [3.05, 3.63) is 84.3 Å². The number of benzene rings is 2. The summed E-state index contributed by atoms with van der Waals surface area (Å²) in [6.45, 7) is -0.197. The van der Waals surface area contributed by atoms with Crippen LogP contribution in [0.15, 0.2) is 73.2 Å². The highest BCUT2D eigenvalue weighted by molar-refractivity contribution is 6.04. The molecule has 0 saturated heterocycles. The van der Waals surface area contributed by atoms with Gasteiger partial charge < -0.3 is 18.9 Å². The van der Waals surface area contributed by atoms with E-state index >= 15 is 0 Å². The molecule has 0 N–H and O–H groups in total. The Morgan fingerprint density at radius 2 is 1.74 bits per heavy atom. The van der Waals surface area contributed by atoms with E-state index in [2.05, 4.69) is 5.10 Å². The number of rotatable bonds is 8. The second-order valence-electron chi connectivity index (χ2n) is 7.72. The van der Waals surface area contributed by atoms with Crippen LogP contribution in [0.25, 0.3) is 16.6 Å². The summed E-state index contributed by atoms with van der Waals surface area (Å²) in [4.78, 5) is 38.4. The molecule has 34 heavy (non-hydrogen) atoms. The number of ether oxygens (including phenoxy) is 2. The zero-order valence-corrected chi connectivity index (χ0v) is 18.9. The number of hydrogen-bond acceptors (Lipinski definition) is 6. The number of methoxy groups -OCH3 is 1. The molecule has 0 spiro atoms. The van der Waals surface area contributed by atoms with E-state index in [-0.39, 0.29) is 19.1 Å². The second-order valence-corrected chi connectivity index (χ2v) is 7.72. The fraction of sp³-hybridized carbons (Fsp3) is 0.200. The number of likely N-dealkylation sites (N-methyl/N-ethyl adjacent to an activating group) is 1. The number of nitrogens with zero attached hydrogens (tertiary/aromatic N) is 4. The van der Waals surface area contributed by atoms with Gasteiger partial charge >= 0.3 is 11.9 Å². The molecule has 0 radical (unpaired) electrons. The van der Waals surface area contributed by atoms with Crippen molar-refractivity contribution < 1.29 is 23.9 Å². The van der Waals surface area contributed by atoms with Gasteiger partial charge in [0, 0.05) is 42.5 Å². The maximum Gasteiger partial charge on any atom is 0.340 e. The van der Waals surface area contributed by atoms with Crippen LogP contribution >= 0.6 is 0 Å². The summed E-state index contributed by atoms with van der Waals surface area (Å²) in [6, 6.07) is 16.8. The van der Waals surface area contributed by atoms with E-state index < -0.39 is 11.9 Å². The molecule has 2 heterocycles. The molecule has 2 aromatic heterocycles. The van der Waals surface area contributed by atoms with Crippen molar-refractivity contribution >= 4 is 28.7 Å². The molecule has 1 amide bonds. The van der Waals surface area contributed by atoms with Crippen LogP contribution in [-0.2, 0) is 32.2 Å². The van der Waals surface area contributed by atoms with Gasteiger partial charge in [-0.25, -0.2) is 9.48 Å². The van der Waals surface area contributed by atoms with E-state index in [0.717, 1.165) is 11.3 Å². The van der Waals surface area contributed by atoms with Gasteiger partial charge in [0.05, 0.1) is 24.6 Å². The summed E-state index contributed by atoms with van der Waals surface area (Å²) in [5, 5.41) is 5.00. The third-order valence-electron chi connectivity index (χ3n) is 5.35. The van der Waals surface area contributed by atoms with E-state index in [9.17, 15) is 14.4 Å². The van der Waals surface area contributed by atoms with E-state index in [1.165, 1.54) is 12.0 Å².